The van der Waals surface area contributed by atoms with Crippen molar-refractivity contribution in [2.75, 3.05) is 7.11 Å². The van der Waals surface area contributed by atoms with Gasteiger partial charge < -0.3 is 4.74 Å². The van der Waals surface area contributed by atoms with E-state index in [9.17, 15) is 4.79 Å². The van der Waals surface area contributed by atoms with Crippen LogP contribution < -0.4 is 0 Å². The van der Waals surface area contributed by atoms with E-state index >= 15 is 0 Å². The quantitative estimate of drug-likeness (QED) is 0.537. The SMILES string of the molecule is COC(=O)C=Cc1ccc(Cl)cn1. The summed E-state index contributed by atoms with van der Waals surface area (Å²) in [6, 6.07) is 3.41. The van der Waals surface area contributed by atoms with Crippen LogP contribution in [0.25, 0.3) is 6.08 Å². The highest BCUT2D eigenvalue weighted by Crippen LogP contribution is 2.06. The van der Waals surface area contributed by atoms with Gasteiger partial charge in [-0.1, -0.05) is 11.6 Å². The maximum absolute atomic E-state index is 10.7. The minimum absolute atomic E-state index is 0.406. The highest BCUT2D eigenvalue weighted by molar-refractivity contribution is 6.30. The van der Waals surface area contributed by atoms with Crippen LogP contribution in [-0.2, 0) is 9.53 Å². The lowest BCUT2D eigenvalue weighted by molar-refractivity contribution is -0.134. The normalized spacial score (nSPS) is 10.3. The molecule has 0 saturated carbocycles. The number of ether oxygens (including phenoxy) is 1. The molecule has 0 aliphatic carbocycles. The Morgan fingerprint density at radius 2 is 2.38 bits per heavy atom. The van der Waals surface area contributed by atoms with E-state index in [1.807, 2.05) is 0 Å². The largest absolute Gasteiger partial charge is 0.466 e. The summed E-state index contributed by atoms with van der Waals surface area (Å²) in [6.07, 6.45) is 4.37. The summed E-state index contributed by atoms with van der Waals surface area (Å²) in [5, 5.41) is 0.565. The van der Waals surface area contributed by atoms with Crippen LogP contribution in [0.5, 0.6) is 0 Å². The lowest BCUT2D eigenvalue weighted by atomic mass is 10.3. The molecule has 13 heavy (non-hydrogen) atoms. The number of methoxy groups -OCH3 is 1. The van der Waals surface area contributed by atoms with Gasteiger partial charge in [-0.2, -0.15) is 0 Å². The van der Waals surface area contributed by atoms with Gasteiger partial charge in [0, 0.05) is 12.3 Å². The Morgan fingerprint density at radius 3 is 2.92 bits per heavy atom. The van der Waals surface area contributed by atoms with E-state index in [0.717, 1.165) is 0 Å². The van der Waals surface area contributed by atoms with Crippen molar-refractivity contribution in [2.24, 2.45) is 0 Å². The molecule has 0 amide bonds. The van der Waals surface area contributed by atoms with Gasteiger partial charge in [-0.3, -0.25) is 4.98 Å². The van der Waals surface area contributed by atoms with Crippen molar-refractivity contribution in [3.63, 3.8) is 0 Å². The molecule has 0 saturated heterocycles. The van der Waals surface area contributed by atoms with Crippen molar-refractivity contribution in [1.29, 1.82) is 0 Å². The number of esters is 1. The number of carbonyl (C=O) groups excluding carboxylic acids is 1. The van der Waals surface area contributed by atoms with Crippen molar-refractivity contribution in [1.82, 2.24) is 4.98 Å². The summed E-state index contributed by atoms with van der Waals surface area (Å²) in [4.78, 5) is 14.6. The first-order valence-electron chi connectivity index (χ1n) is 3.60. The molecule has 0 aromatic carbocycles. The van der Waals surface area contributed by atoms with E-state index in [4.69, 9.17) is 11.6 Å². The van der Waals surface area contributed by atoms with Crippen molar-refractivity contribution in [3.8, 4) is 0 Å². The monoisotopic (exact) mass is 197 g/mol. The predicted octanol–water partition coefficient (Wildman–Crippen LogP) is 1.92. The van der Waals surface area contributed by atoms with Crippen molar-refractivity contribution in [2.45, 2.75) is 0 Å². The van der Waals surface area contributed by atoms with Crippen molar-refractivity contribution in [3.05, 3.63) is 35.1 Å². The molecule has 1 heterocycles. The third kappa shape index (κ3) is 3.25. The molecule has 1 rings (SSSR count). The molecule has 0 atom stereocenters. The first-order chi connectivity index (χ1) is 6.22. The predicted molar refractivity (Wildman–Crippen MR) is 50.3 cm³/mol. The van der Waals surface area contributed by atoms with E-state index in [2.05, 4.69) is 9.72 Å². The van der Waals surface area contributed by atoms with Gasteiger partial charge in [0.25, 0.3) is 0 Å². The minimum atomic E-state index is -0.406. The zero-order valence-electron chi connectivity index (χ0n) is 7.03. The second-order valence-corrected chi connectivity index (χ2v) is 2.69. The molecule has 1 aromatic heterocycles. The van der Waals surface area contributed by atoms with Crippen LogP contribution in [0.1, 0.15) is 5.69 Å². The highest BCUT2D eigenvalue weighted by Gasteiger charge is 1.92. The average molecular weight is 198 g/mol. The Labute approximate surface area is 81.0 Å². The topological polar surface area (TPSA) is 39.2 Å². The fourth-order valence-electron chi connectivity index (χ4n) is 0.707. The molecule has 3 nitrogen and oxygen atoms in total. The molecule has 4 heteroatoms. The van der Waals surface area contributed by atoms with Crippen LogP contribution in [0, 0.1) is 0 Å². The van der Waals surface area contributed by atoms with Gasteiger partial charge in [0.05, 0.1) is 17.8 Å². The van der Waals surface area contributed by atoms with Crippen LogP contribution >= 0.6 is 11.6 Å². The van der Waals surface area contributed by atoms with E-state index < -0.39 is 5.97 Å². The first kappa shape index (κ1) is 9.74. The summed E-state index contributed by atoms with van der Waals surface area (Å²) in [5.74, 6) is -0.406. The van der Waals surface area contributed by atoms with Crippen LogP contribution in [0.15, 0.2) is 24.4 Å². The number of hydrogen-bond acceptors (Lipinski definition) is 3. The molecule has 0 N–H and O–H groups in total. The highest BCUT2D eigenvalue weighted by atomic mass is 35.5. The molecular weight excluding hydrogens is 190 g/mol. The minimum Gasteiger partial charge on any atom is -0.466 e. The van der Waals surface area contributed by atoms with Crippen LogP contribution in [0.2, 0.25) is 5.02 Å². The van der Waals surface area contributed by atoms with Gasteiger partial charge in [-0.25, -0.2) is 4.79 Å². The summed E-state index contributed by atoms with van der Waals surface area (Å²) in [6.45, 7) is 0. The lowest BCUT2D eigenvalue weighted by Gasteiger charge is -1.92. The molecule has 0 aliphatic heterocycles. The maximum Gasteiger partial charge on any atom is 0.330 e. The van der Waals surface area contributed by atoms with Crippen molar-refractivity contribution < 1.29 is 9.53 Å². The van der Waals surface area contributed by atoms with Gasteiger partial charge >= 0.3 is 5.97 Å². The van der Waals surface area contributed by atoms with Gasteiger partial charge in [-0.05, 0) is 18.2 Å². The number of rotatable bonds is 2. The van der Waals surface area contributed by atoms with Gasteiger partial charge in [0.15, 0.2) is 0 Å². The summed E-state index contributed by atoms with van der Waals surface area (Å²) >= 11 is 5.62. The standard InChI is InChI=1S/C9H8ClNO2/c1-13-9(12)5-4-8-3-2-7(10)6-11-8/h2-6H,1H3. The zero-order chi connectivity index (χ0) is 9.68. The number of halogens is 1. The molecule has 0 fully saturated rings. The molecule has 68 valence electrons. The van der Waals surface area contributed by atoms with Crippen LogP contribution in [0.3, 0.4) is 0 Å². The molecular formula is C9H8ClNO2. The number of hydrogen-bond donors (Lipinski definition) is 0. The Bertz CT molecular complexity index is 319. The number of aromatic nitrogens is 1. The number of pyridine rings is 1. The second kappa shape index (κ2) is 4.62. The van der Waals surface area contributed by atoms with E-state index in [-0.39, 0.29) is 0 Å². The molecule has 0 bridgehead atoms. The van der Waals surface area contributed by atoms with Crippen LogP contribution in [-0.4, -0.2) is 18.1 Å². The fourth-order valence-corrected chi connectivity index (χ4v) is 0.819. The van der Waals surface area contributed by atoms with Crippen LogP contribution in [0.4, 0.5) is 0 Å². The average Bonchev–Trinajstić information content (AvgIpc) is 2.16. The zero-order valence-corrected chi connectivity index (χ0v) is 7.78. The molecule has 0 unspecified atom stereocenters. The molecule has 1 aromatic rings. The van der Waals surface area contributed by atoms with E-state index in [1.165, 1.54) is 19.4 Å². The van der Waals surface area contributed by atoms with E-state index in [1.54, 1.807) is 18.2 Å². The Morgan fingerprint density at radius 1 is 1.62 bits per heavy atom. The maximum atomic E-state index is 10.7. The molecule has 0 spiro atoms. The van der Waals surface area contributed by atoms with Gasteiger partial charge in [0.2, 0.25) is 0 Å². The lowest BCUT2D eigenvalue weighted by Crippen LogP contribution is -1.93. The van der Waals surface area contributed by atoms with E-state index in [0.29, 0.717) is 10.7 Å². The first-order valence-corrected chi connectivity index (χ1v) is 3.98. The number of carbonyl (C=O) groups is 1. The molecule has 0 aliphatic rings. The second-order valence-electron chi connectivity index (χ2n) is 2.26. The summed E-state index contributed by atoms with van der Waals surface area (Å²) in [5.41, 5.74) is 0.662. The van der Waals surface area contributed by atoms with Gasteiger partial charge in [-0.15, -0.1) is 0 Å². The summed E-state index contributed by atoms with van der Waals surface area (Å²) < 4.78 is 4.42. The third-order valence-electron chi connectivity index (χ3n) is 1.34. The van der Waals surface area contributed by atoms with Crippen molar-refractivity contribution >= 4 is 23.6 Å². The molecule has 0 radical (unpaired) electrons. The Balaban J connectivity index is 2.69. The van der Waals surface area contributed by atoms with Gasteiger partial charge in [0.1, 0.15) is 0 Å². The number of nitrogens with zero attached hydrogens (tertiary/aromatic N) is 1. The Hall–Kier alpha value is -1.35. The third-order valence-corrected chi connectivity index (χ3v) is 1.57. The smallest absolute Gasteiger partial charge is 0.330 e. The summed E-state index contributed by atoms with van der Waals surface area (Å²) in [7, 11) is 1.32. The fraction of sp³-hybridized carbons (Fsp3) is 0.111. The Kier molecular flexibility index (Phi) is 3.46.